The van der Waals surface area contributed by atoms with Crippen LogP contribution in [0.3, 0.4) is 0 Å². The number of rotatable bonds is 4. The van der Waals surface area contributed by atoms with Crippen LogP contribution in [-0.4, -0.2) is 41.6 Å². The molecule has 2 aliphatic heterocycles. The number of nitrogens with zero attached hydrogens (tertiary/aromatic N) is 4. The van der Waals surface area contributed by atoms with E-state index in [0.29, 0.717) is 6.42 Å². The molecule has 1 fully saturated rings. The van der Waals surface area contributed by atoms with Crippen molar-refractivity contribution in [3.8, 4) is 0 Å². The Morgan fingerprint density at radius 2 is 2.43 bits per heavy atom. The molecule has 2 rings (SSSR count). The Bertz CT molecular complexity index is 494. The molecule has 2 heterocycles. The predicted octanol–water partition coefficient (Wildman–Crippen LogP) is 1.60. The summed E-state index contributed by atoms with van der Waals surface area (Å²) in [5, 5.41) is 6.00. The van der Waals surface area contributed by atoms with Crippen molar-refractivity contribution in [2.24, 2.45) is 16.8 Å². The van der Waals surface area contributed by atoms with E-state index in [0.717, 1.165) is 4.90 Å². The first-order chi connectivity index (χ1) is 9.95. The van der Waals surface area contributed by atoms with Crippen molar-refractivity contribution in [2.75, 3.05) is 6.54 Å². The molecule has 0 bridgehead atoms. The molecule has 8 nitrogen and oxygen atoms in total. The third-order valence-corrected chi connectivity index (χ3v) is 4.19. The lowest BCUT2D eigenvalue weighted by molar-refractivity contribution is -0.0934. The van der Waals surface area contributed by atoms with E-state index in [4.69, 9.17) is 16.0 Å². The van der Waals surface area contributed by atoms with Crippen molar-refractivity contribution < 1.29 is 13.9 Å². The van der Waals surface area contributed by atoms with Gasteiger partial charge in [0.25, 0.3) is 0 Å². The molecule has 9 heteroatoms. The Morgan fingerprint density at radius 1 is 1.71 bits per heavy atom. The highest BCUT2D eigenvalue weighted by Gasteiger charge is 2.54. The van der Waals surface area contributed by atoms with Crippen LogP contribution in [0.5, 0.6) is 0 Å². The van der Waals surface area contributed by atoms with Crippen molar-refractivity contribution in [2.45, 2.75) is 44.4 Å². The number of halogens is 1. The SMILES string of the molecule is CC[C@@]1(CN=[N+]=[N-])O[C@@H](N2C=CC(N)NC2=O)[C@H](F)[C@@H]1C. The fourth-order valence-corrected chi connectivity index (χ4v) is 2.73. The van der Waals surface area contributed by atoms with Gasteiger partial charge in [-0.25, -0.2) is 9.18 Å². The van der Waals surface area contributed by atoms with Gasteiger partial charge in [-0.15, -0.1) is 0 Å². The minimum absolute atomic E-state index is 0.0246. The zero-order valence-corrected chi connectivity index (χ0v) is 11.9. The van der Waals surface area contributed by atoms with E-state index in [1.54, 1.807) is 13.0 Å². The standard InChI is InChI=1S/C12H19FN6O2/c1-3-12(6-16-18-15)7(2)9(13)10(21-12)19-5-4-8(14)17-11(19)20/h4-5,7-10H,3,6,14H2,1-2H3,(H,17,20)/t7-,8?,9+,10+,12-/m0/s1. The topological polar surface area (TPSA) is 116 Å². The van der Waals surface area contributed by atoms with Gasteiger partial charge in [-0.1, -0.05) is 19.0 Å². The Labute approximate surface area is 121 Å². The first-order valence-electron chi connectivity index (χ1n) is 6.80. The molecule has 21 heavy (non-hydrogen) atoms. The summed E-state index contributed by atoms with van der Waals surface area (Å²) >= 11 is 0. The van der Waals surface area contributed by atoms with Crippen molar-refractivity contribution in [1.82, 2.24) is 10.2 Å². The summed E-state index contributed by atoms with van der Waals surface area (Å²) in [6.07, 6.45) is 0.405. The number of hydrogen-bond donors (Lipinski definition) is 2. The summed E-state index contributed by atoms with van der Waals surface area (Å²) in [6.45, 7) is 3.55. The molecule has 0 saturated carbocycles. The number of nitrogens with one attached hydrogen (secondary N) is 1. The van der Waals surface area contributed by atoms with Crippen LogP contribution >= 0.6 is 0 Å². The van der Waals surface area contributed by atoms with Crippen molar-refractivity contribution in [3.05, 3.63) is 22.7 Å². The van der Waals surface area contributed by atoms with Gasteiger partial charge in [0.2, 0.25) is 0 Å². The number of amides is 2. The minimum Gasteiger partial charge on any atom is -0.348 e. The number of urea groups is 1. The van der Waals surface area contributed by atoms with Crippen molar-refractivity contribution in [3.63, 3.8) is 0 Å². The Hall–Kier alpha value is -1.83. The largest absolute Gasteiger partial charge is 0.348 e. The van der Waals surface area contributed by atoms with Gasteiger partial charge < -0.3 is 15.8 Å². The molecule has 2 aliphatic rings. The highest BCUT2D eigenvalue weighted by Crippen LogP contribution is 2.42. The molecular weight excluding hydrogens is 279 g/mol. The molecule has 0 aromatic carbocycles. The molecule has 1 saturated heterocycles. The third-order valence-electron chi connectivity index (χ3n) is 4.19. The summed E-state index contributed by atoms with van der Waals surface area (Å²) < 4.78 is 20.4. The normalized spacial score (nSPS) is 39.0. The van der Waals surface area contributed by atoms with E-state index < -0.39 is 36.1 Å². The molecule has 5 atom stereocenters. The first kappa shape index (κ1) is 15.6. The zero-order valence-electron chi connectivity index (χ0n) is 11.9. The van der Waals surface area contributed by atoms with Crippen LogP contribution in [-0.2, 0) is 4.74 Å². The number of hydrogen-bond acceptors (Lipinski definition) is 4. The van der Waals surface area contributed by atoms with Crippen LogP contribution < -0.4 is 11.1 Å². The molecule has 1 unspecified atom stereocenters. The third kappa shape index (κ3) is 2.67. The maximum atomic E-state index is 14.6. The Morgan fingerprint density at radius 3 is 3.00 bits per heavy atom. The second-order valence-electron chi connectivity index (χ2n) is 5.27. The molecule has 0 aromatic rings. The zero-order chi connectivity index (χ0) is 15.6. The van der Waals surface area contributed by atoms with Crippen molar-refractivity contribution >= 4 is 6.03 Å². The number of carbonyl (C=O) groups excluding carboxylic acids is 1. The van der Waals surface area contributed by atoms with Gasteiger partial charge in [-0.3, -0.25) is 4.90 Å². The minimum atomic E-state index is -1.39. The monoisotopic (exact) mass is 298 g/mol. The molecule has 0 radical (unpaired) electrons. The van der Waals surface area contributed by atoms with E-state index in [9.17, 15) is 9.18 Å². The number of azide groups is 1. The lowest BCUT2D eigenvalue weighted by Crippen LogP contribution is -2.54. The highest BCUT2D eigenvalue weighted by atomic mass is 19.1. The summed E-state index contributed by atoms with van der Waals surface area (Å²) in [4.78, 5) is 15.8. The quantitative estimate of drug-likeness (QED) is 0.466. The lowest BCUT2D eigenvalue weighted by Gasteiger charge is -2.33. The fraction of sp³-hybridized carbons (Fsp3) is 0.750. The van der Waals surface area contributed by atoms with Gasteiger partial charge in [-0.2, -0.15) is 0 Å². The van der Waals surface area contributed by atoms with Gasteiger partial charge in [0.15, 0.2) is 12.4 Å². The van der Waals surface area contributed by atoms with Crippen molar-refractivity contribution in [1.29, 1.82) is 0 Å². The van der Waals surface area contributed by atoms with E-state index in [-0.39, 0.29) is 6.54 Å². The van der Waals surface area contributed by atoms with Crippen LogP contribution in [0, 0.1) is 5.92 Å². The van der Waals surface area contributed by atoms with E-state index in [1.165, 1.54) is 6.20 Å². The van der Waals surface area contributed by atoms with E-state index in [1.807, 2.05) is 6.92 Å². The summed E-state index contributed by atoms with van der Waals surface area (Å²) in [5.41, 5.74) is 13.1. The van der Waals surface area contributed by atoms with Gasteiger partial charge in [0.1, 0.15) is 0 Å². The van der Waals surface area contributed by atoms with Crippen LogP contribution in [0.4, 0.5) is 9.18 Å². The molecular formula is C12H19FN6O2. The summed E-state index contributed by atoms with van der Waals surface area (Å²) in [7, 11) is 0. The van der Waals surface area contributed by atoms with Gasteiger partial charge in [0, 0.05) is 17.0 Å². The first-order valence-corrected chi connectivity index (χ1v) is 6.80. The maximum Gasteiger partial charge on any atom is 0.325 e. The smallest absolute Gasteiger partial charge is 0.325 e. The Kier molecular flexibility index (Phi) is 4.36. The number of ether oxygens (including phenoxy) is 1. The number of alkyl halides is 1. The molecule has 0 spiro atoms. The molecule has 2 amide bonds. The van der Waals surface area contributed by atoms with Crippen LogP contribution in [0.2, 0.25) is 0 Å². The summed E-state index contributed by atoms with van der Waals surface area (Å²) in [6, 6.07) is -0.513. The fourth-order valence-electron chi connectivity index (χ4n) is 2.73. The predicted molar refractivity (Wildman–Crippen MR) is 73.5 cm³/mol. The van der Waals surface area contributed by atoms with Crippen LogP contribution in [0.1, 0.15) is 20.3 Å². The molecule has 3 N–H and O–H groups in total. The number of nitrogens with two attached hydrogens (primary N) is 1. The Balaban J connectivity index is 2.25. The highest BCUT2D eigenvalue weighted by molar-refractivity contribution is 5.77. The van der Waals surface area contributed by atoms with Crippen LogP contribution in [0.15, 0.2) is 17.4 Å². The second-order valence-corrected chi connectivity index (χ2v) is 5.27. The van der Waals surface area contributed by atoms with Crippen LogP contribution in [0.25, 0.3) is 10.4 Å². The van der Waals surface area contributed by atoms with E-state index >= 15 is 0 Å². The molecule has 0 aliphatic carbocycles. The lowest BCUT2D eigenvalue weighted by atomic mass is 9.85. The maximum absolute atomic E-state index is 14.6. The summed E-state index contributed by atoms with van der Waals surface area (Å²) in [5.74, 6) is -0.505. The average Bonchev–Trinajstić information content (AvgIpc) is 2.71. The number of carbonyl (C=O) groups is 1. The van der Waals surface area contributed by atoms with Gasteiger partial charge in [-0.05, 0) is 18.0 Å². The van der Waals surface area contributed by atoms with Gasteiger partial charge >= 0.3 is 6.03 Å². The molecule has 0 aromatic heterocycles. The molecule has 116 valence electrons. The second kappa shape index (κ2) is 5.88. The van der Waals surface area contributed by atoms with E-state index in [2.05, 4.69) is 15.3 Å². The van der Waals surface area contributed by atoms with Gasteiger partial charge in [0.05, 0.1) is 18.3 Å². The average molecular weight is 298 g/mol.